The molecule has 2 rings (SSSR count). The Balaban J connectivity index is 1.83. The van der Waals surface area contributed by atoms with Crippen molar-refractivity contribution in [2.24, 2.45) is 5.41 Å². The van der Waals surface area contributed by atoms with E-state index in [9.17, 15) is 9.59 Å². The van der Waals surface area contributed by atoms with Crippen LogP contribution in [0.15, 0.2) is 24.3 Å². The first-order valence-electron chi connectivity index (χ1n) is 8.09. The zero-order valence-electron chi connectivity index (χ0n) is 14.1. The first kappa shape index (κ1) is 17.8. The van der Waals surface area contributed by atoms with Gasteiger partial charge in [-0.2, -0.15) is 0 Å². The molecule has 1 aromatic carbocycles. The fourth-order valence-corrected chi connectivity index (χ4v) is 2.89. The minimum absolute atomic E-state index is 0.00463. The van der Waals surface area contributed by atoms with Crippen molar-refractivity contribution >= 4 is 23.4 Å². The van der Waals surface area contributed by atoms with Crippen LogP contribution in [0.3, 0.4) is 0 Å². The number of piperidine rings is 1. The molecule has 0 saturated carbocycles. The van der Waals surface area contributed by atoms with Crippen LogP contribution in [0.1, 0.15) is 50.4 Å². The Hall–Kier alpha value is -1.55. The summed E-state index contributed by atoms with van der Waals surface area (Å²) in [5.41, 5.74) is 0.652. The molecule has 1 saturated heterocycles. The van der Waals surface area contributed by atoms with Crippen LogP contribution in [0.25, 0.3) is 0 Å². The molecule has 23 heavy (non-hydrogen) atoms. The summed E-state index contributed by atoms with van der Waals surface area (Å²) in [5, 5.41) is 3.71. The SMILES string of the molecule is CC(C)(C)CC(=O)NC1CCN(C(=O)c2ccc(Cl)cc2)CC1. The van der Waals surface area contributed by atoms with E-state index >= 15 is 0 Å². The maximum Gasteiger partial charge on any atom is 0.253 e. The highest BCUT2D eigenvalue weighted by Gasteiger charge is 2.25. The maximum atomic E-state index is 12.4. The Kier molecular flexibility index (Phi) is 5.69. The largest absolute Gasteiger partial charge is 0.353 e. The average molecular weight is 337 g/mol. The topological polar surface area (TPSA) is 49.4 Å². The molecule has 0 aromatic heterocycles. The lowest BCUT2D eigenvalue weighted by atomic mass is 9.91. The number of benzene rings is 1. The van der Waals surface area contributed by atoms with Gasteiger partial charge in [-0.25, -0.2) is 0 Å². The smallest absolute Gasteiger partial charge is 0.253 e. The molecule has 4 nitrogen and oxygen atoms in total. The second-order valence-corrected chi connectivity index (χ2v) is 7.81. The quantitative estimate of drug-likeness (QED) is 0.918. The molecular weight excluding hydrogens is 312 g/mol. The van der Waals surface area contributed by atoms with Crippen molar-refractivity contribution < 1.29 is 9.59 Å². The van der Waals surface area contributed by atoms with E-state index in [4.69, 9.17) is 11.6 Å². The van der Waals surface area contributed by atoms with Crippen LogP contribution < -0.4 is 5.32 Å². The predicted octanol–water partition coefficient (Wildman–Crippen LogP) is 3.50. The molecule has 0 spiro atoms. The fourth-order valence-electron chi connectivity index (χ4n) is 2.76. The van der Waals surface area contributed by atoms with E-state index in [1.807, 2.05) is 4.90 Å². The Morgan fingerprint density at radius 1 is 1.17 bits per heavy atom. The van der Waals surface area contributed by atoms with Crippen molar-refractivity contribution in [3.8, 4) is 0 Å². The van der Waals surface area contributed by atoms with E-state index in [0.717, 1.165) is 12.8 Å². The second kappa shape index (κ2) is 7.35. The summed E-state index contributed by atoms with van der Waals surface area (Å²) in [5.74, 6) is 0.126. The van der Waals surface area contributed by atoms with E-state index < -0.39 is 0 Å². The molecule has 1 aromatic rings. The molecule has 0 radical (unpaired) electrons. The molecule has 0 atom stereocenters. The third-order valence-corrected chi connectivity index (χ3v) is 4.18. The van der Waals surface area contributed by atoms with Crippen molar-refractivity contribution in [2.45, 2.75) is 46.1 Å². The average Bonchev–Trinajstić information content (AvgIpc) is 2.46. The minimum atomic E-state index is -0.00463. The van der Waals surface area contributed by atoms with Gasteiger partial charge < -0.3 is 10.2 Å². The highest BCUT2D eigenvalue weighted by atomic mass is 35.5. The highest BCUT2D eigenvalue weighted by molar-refractivity contribution is 6.30. The van der Waals surface area contributed by atoms with E-state index in [1.54, 1.807) is 24.3 Å². The van der Waals surface area contributed by atoms with Gasteiger partial charge in [0.25, 0.3) is 5.91 Å². The summed E-state index contributed by atoms with van der Waals surface area (Å²) in [6.45, 7) is 7.50. The van der Waals surface area contributed by atoms with Gasteiger partial charge in [0, 0.05) is 36.1 Å². The summed E-state index contributed by atoms with van der Waals surface area (Å²) >= 11 is 5.85. The van der Waals surface area contributed by atoms with E-state index in [2.05, 4.69) is 26.1 Å². The number of halogens is 1. The monoisotopic (exact) mass is 336 g/mol. The van der Waals surface area contributed by atoms with Crippen LogP contribution in [-0.4, -0.2) is 35.8 Å². The van der Waals surface area contributed by atoms with Gasteiger partial charge in [0.15, 0.2) is 0 Å². The van der Waals surface area contributed by atoms with E-state index in [0.29, 0.717) is 30.1 Å². The zero-order chi connectivity index (χ0) is 17.0. The molecule has 1 N–H and O–H groups in total. The standard InChI is InChI=1S/C18H25ClN2O2/c1-18(2,3)12-16(22)20-15-8-10-21(11-9-15)17(23)13-4-6-14(19)7-5-13/h4-7,15H,8-12H2,1-3H3,(H,20,22). The Labute approximate surface area is 143 Å². The van der Waals surface area contributed by atoms with Crippen molar-refractivity contribution in [2.75, 3.05) is 13.1 Å². The molecule has 5 heteroatoms. The summed E-state index contributed by atoms with van der Waals surface area (Å²) < 4.78 is 0. The van der Waals surface area contributed by atoms with Gasteiger partial charge in [0.1, 0.15) is 0 Å². The highest BCUT2D eigenvalue weighted by Crippen LogP contribution is 2.20. The Morgan fingerprint density at radius 2 is 1.74 bits per heavy atom. The predicted molar refractivity (Wildman–Crippen MR) is 92.6 cm³/mol. The van der Waals surface area contributed by atoms with E-state index in [-0.39, 0.29) is 23.3 Å². The van der Waals surface area contributed by atoms with Crippen LogP contribution in [-0.2, 0) is 4.79 Å². The molecule has 126 valence electrons. The van der Waals surface area contributed by atoms with Gasteiger partial charge in [0.2, 0.25) is 5.91 Å². The summed E-state index contributed by atoms with van der Waals surface area (Å²) in [7, 11) is 0. The van der Waals surface area contributed by atoms with Crippen LogP contribution in [0.4, 0.5) is 0 Å². The second-order valence-electron chi connectivity index (χ2n) is 7.38. The molecule has 1 fully saturated rings. The Bertz CT molecular complexity index is 555. The number of nitrogens with one attached hydrogen (secondary N) is 1. The van der Waals surface area contributed by atoms with Crippen LogP contribution >= 0.6 is 11.6 Å². The van der Waals surface area contributed by atoms with Crippen molar-refractivity contribution in [3.05, 3.63) is 34.9 Å². The number of rotatable bonds is 3. The molecule has 0 unspecified atom stereocenters. The van der Waals surface area contributed by atoms with Gasteiger partial charge in [-0.1, -0.05) is 32.4 Å². The number of hydrogen-bond acceptors (Lipinski definition) is 2. The first-order chi connectivity index (χ1) is 10.7. The molecule has 1 aliphatic rings. The number of likely N-dealkylation sites (tertiary alicyclic amines) is 1. The molecular formula is C18H25ClN2O2. The molecule has 1 aliphatic heterocycles. The lowest BCUT2D eigenvalue weighted by Gasteiger charge is -2.33. The summed E-state index contributed by atoms with van der Waals surface area (Å²) in [4.78, 5) is 26.3. The number of hydrogen-bond donors (Lipinski definition) is 1. The number of carbonyl (C=O) groups is 2. The maximum absolute atomic E-state index is 12.4. The normalized spacial score (nSPS) is 16.3. The van der Waals surface area contributed by atoms with Gasteiger partial charge in [-0.05, 0) is 42.5 Å². The summed E-state index contributed by atoms with van der Waals surface area (Å²) in [6, 6.07) is 7.13. The van der Waals surface area contributed by atoms with Gasteiger partial charge in [-0.3, -0.25) is 9.59 Å². The summed E-state index contributed by atoms with van der Waals surface area (Å²) in [6.07, 6.45) is 2.13. The van der Waals surface area contributed by atoms with Crippen molar-refractivity contribution in [3.63, 3.8) is 0 Å². The van der Waals surface area contributed by atoms with Gasteiger partial charge in [-0.15, -0.1) is 0 Å². The molecule has 0 aliphatic carbocycles. The van der Waals surface area contributed by atoms with E-state index in [1.165, 1.54) is 0 Å². The van der Waals surface area contributed by atoms with Crippen LogP contribution in [0.2, 0.25) is 5.02 Å². The van der Waals surface area contributed by atoms with Crippen LogP contribution in [0.5, 0.6) is 0 Å². The molecule has 2 amide bonds. The zero-order valence-corrected chi connectivity index (χ0v) is 14.8. The lowest BCUT2D eigenvalue weighted by Crippen LogP contribution is -2.47. The van der Waals surface area contributed by atoms with Crippen molar-refractivity contribution in [1.82, 2.24) is 10.2 Å². The Morgan fingerprint density at radius 3 is 2.26 bits per heavy atom. The third-order valence-electron chi connectivity index (χ3n) is 3.93. The molecule has 0 bridgehead atoms. The van der Waals surface area contributed by atoms with Crippen molar-refractivity contribution in [1.29, 1.82) is 0 Å². The van der Waals surface area contributed by atoms with Gasteiger partial charge >= 0.3 is 0 Å². The number of carbonyl (C=O) groups excluding carboxylic acids is 2. The molecule has 1 heterocycles. The third kappa shape index (κ3) is 5.54. The van der Waals surface area contributed by atoms with Crippen LogP contribution in [0, 0.1) is 5.41 Å². The first-order valence-corrected chi connectivity index (χ1v) is 8.46. The number of nitrogens with zero attached hydrogens (tertiary/aromatic N) is 1. The fraction of sp³-hybridized carbons (Fsp3) is 0.556. The minimum Gasteiger partial charge on any atom is -0.353 e. The number of amides is 2. The lowest BCUT2D eigenvalue weighted by molar-refractivity contribution is -0.123. The van der Waals surface area contributed by atoms with Gasteiger partial charge in [0.05, 0.1) is 0 Å².